The summed E-state index contributed by atoms with van der Waals surface area (Å²) in [5.74, 6) is 0.932. The van der Waals surface area contributed by atoms with Crippen LogP contribution in [0, 0.1) is 0 Å². The molecule has 0 aliphatic rings. The highest BCUT2D eigenvalue weighted by Gasteiger charge is 2.05. The third-order valence-corrected chi connectivity index (χ3v) is 3.47. The maximum absolute atomic E-state index is 12.1. The van der Waals surface area contributed by atoms with E-state index in [1.54, 1.807) is 30.3 Å². The second kappa shape index (κ2) is 10.0. The summed E-state index contributed by atoms with van der Waals surface area (Å²) in [6, 6.07) is 12.4. The third-order valence-electron chi connectivity index (χ3n) is 3.47. The SMILES string of the molecule is CCOc1ccc(/C=C/C(=O)Nc2ccc(NC(C)=O)cc2)cc1OCC. The Morgan fingerprint density at radius 2 is 1.48 bits per heavy atom. The first-order valence-corrected chi connectivity index (χ1v) is 8.78. The Balaban J connectivity index is 2.01. The van der Waals surface area contributed by atoms with Gasteiger partial charge in [-0.15, -0.1) is 0 Å². The molecule has 0 unspecified atom stereocenters. The molecule has 0 saturated heterocycles. The normalized spacial score (nSPS) is 10.5. The summed E-state index contributed by atoms with van der Waals surface area (Å²) in [5, 5.41) is 5.44. The van der Waals surface area contributed by atoms with Gasteiger partial charge >= 0.3 is 0 Å². The van der Waals surface area contributed by atoms with Crippen LogP contribution in [-0.4, -0.2) is 25.0 Å². The number of carbonyl (C=O) groups excluding carboxylic acids is 2. The summed E-state index contributed by atoms with van der Waals surface area (Å²) in [7, 11) is 0. The number of amides is 2. The highest BCUT2D eigenvalue weighted by atomic mass is 16.5. The zero-order valence-electron chi connectivity index (χ0n) is 15.7. The molecule has 0 saturated carbocycles. The number of carbonyl (C=O) groups is 2. The van der Waals surface area contributed by atoms with Crippen LogP contribution < -0.4 is 20.1 Å². The van der Waals surface area contributed by atoms with Crippen molar-refractivity contribution in [2.75, 3.05) is 23.8 Å². The Morgan fingerprint density at radius 3 is 2.07 bits per heavy atom. The molecule has 2 rings (SSSR count). The molecule has 6 nitrogen and oxygen atoms in total. The van der Waals surface area contributed by atoms with Gasteiger partial charge in [-0.1, -0.05) is 6.07 Å². The third kappa shape index (κ3) is 6.51. The molecule has 2 amide bonds. The van der Waals surface area contributed by atoms with Gasteiger partial charge in [-0.25, -0.2) is 0 Å². The molecule has 0 radical (unpaired) electrons. The molecule has 2 N–H and O–H groups in total. The van der Waals surface area contributed by atoms with Crippen molar-refractivity contribution in [2.45, 2.75) is 20.8 Å². The fourth-order valence-electron chi connectivity index (χ4n) is 2.37. The number of hydrogen-bond donors (Lipinski definition) is 2. The van der Waals surface area contributed by atoms with Gasteiger partial charge in [0, 0.05) is 24.4 Å². The van der Waals surface area contributed by atoms with E-state index in [1.807, 2.05) is 32.0 Å². The Morgan fingerprint density at radius 1 is 0.889 bits per heavy atom. The van der Waals surface area contributed by atoms with Crippen molar-refractivity contribution in [1.82, 2.24) is 0 Å². The van der Waals surface area contributed by atoms with E-state index in [0.717, 1.165) is 5.56 Å². The van der Waals surface area contributed by atoms with Gasteiger partial charge in [0.25, 0.3) is 0 Å². The van der Waals surface area contributed by atoms with Crippen LogP contribution in [0.3, 0.4) is 0 Å². The molecule has 0 spiro atoms. The van der Waals surface area contributed by atoms with Gasteiger partial charge < -0.3 is 20.1 Å². The van der Waals surface area contributed by atoms with Crippen molar-refractivity contribution in [2.24, 2.45) is 0 Å². The molecule has 0 atom stereocenters. The van der Waals surface area contributed by atoms with Gasteiger partial charge in [0.05, 0.1) is 13.2 Å². The van der Waals surface area contributed by atoms with Crippen LogP contribution in [0.2, 0.25) is 0 Å². The van der Waals surface area contributed by atoms with Crippen molar-refractivity contribution in [3.8, 4) is 11.5 Å². The Hall–Kier alpha value is -3.28. The van der Waals surface area contributed by atoms with Gasteiger partial charge in [-0.05, 0) is 61.9 Å². The lowest BCUT2D eigenvalue weighted by atomic mass is 10.2. The van der Waals surface area contributed by atoms with E-state index in [9.17, 15) is 9.59 Å². The van der Waals surface area contributed by atoms with Crippen LogP contribution in [0.25, 0.3) is 6.08 Å². The molecule has 2 aromatic rings. The maximum Gasteiger partial charge on any atom is 0.248 e. The lowest BCUT2D eigenvalue weighted by molar-refractivity contribution is -0.114. The van der Waals surface area contributed by atoms with Crippen LogP contribution in [0.15, 0.2) is 48.5 Å². The van der Waals surface area contributed by atoms with Crippen LogP contribution in [0.5, 0.6) is 11.5 Å². The average Bonchev–Trinajstić information content (AvgIpc) is 2.63. The quantitative estimate of drug-likeness (QED) is 0.688. The van der Waals surface area contributed by atoms with E-state index >= 15 is 0 Å². The summed E-state index contributed by atoms with van der Waals surface area (Å²) in [4.78, 5) is 23.1. The number of nitrogens with one attached hydrogen (secondary N) is 2. The van der Waals surface area contributed by atoms with Crippen molar-refractivity contribution < 1.29 is 19.1 Å². The molecule has 0 aliphatic carbocycles. The first-order chi connectivity index (χ1) is 13.0. The molecular formula is C21H24N2O4. The number of ether oxygens (including phenoxy) is 2. The molecule has 142 valence electrons. The van der Waals surface area contributed by atoms with Crippen molar-refractivity contribution in [3.63, 3.8) is 0 Å². The highest BCUT2D eigenvalue weighted by molar-refractivity contribution is 6.02. The predicted molar refractivity (Wildman–Crippen MR) is 107 cm³/mol. The zero-order valence-corrected chi connectivity index (χ0v) is 15.7. The minimum atomic E-state index is -0.255. The molecule has 0 bridgehead atoms. The first-order valence-electron chi connectivity index (χ1n) is 8.78. The van der Waals surface area contributed by atoms with Crippen LogP contribution in [0.1, 0.15) is 26.3 Å². The number of rotatable bonds is 8. The van der Waals surface area contributed by atoms with E-state index in [1.165, 1.54) is 13.0 Å². The number of benzene rings is 2. The zero-order chi connectivity index (χ0) is 19.6. The molecule has 2 aromatic carbocycles. The first kappa shape index (κ1) is 20.0. The molecular weight excluding hydrogens is 344 g/mol. The van der Waals surface area contributed by atoms with Crippen molar-refractivity contribution in [3.05, 3.63) is 54.1 Å². The maximum atomic E-state index is 12.1. The Bertz CT molecular complexity index is 813. The van der Waals surface area contributed by atoms with Crippen LogP contribution >= 0.6 is 0 Å². The second-order valence-electron chi connectivity index (χ2n) is 5.65. The van der Waals surface area contributed by atoms with Gasteiger partial charge in [0.1, 0.15) is 0 Å². The van der Waals surface area contributed by atoms with E-state index < -0.39 is 0 Å². The van der Waals surface area contributed by atoms with Crippen molar-refractivity contribution >= 4 is 29.3 Å². The molecule has 0 aromatic heterocycles. The van der Waals surface area contributed by atoms with Gasteiger partial charge in [0.15, 0.2) is 11.5 Å². The van der Waals surface area contributed by atoms with E-state index in [-0.39, 0.29) is 11.8 Å². The summed E-state index contributed by atoms with van der Waals surface area (Å²) < 4.78 is 11.1. The van der Waals surface area contributed by atoms with E-state index in [4.69, 9.17) is 9.47 Å². The Kier molecular flexibility index (Phi) is 7.43. The predicted octanol–water partition coefficient (Wildman–Crippen LogP) is 4.09. The van der Waals surface area contributed by atoms with Gasteiger partial charge in [-0.2, -0.15) is 0 Å². The largest absolute Gasteiger partial charge is 0.490 e. The topological polar surface area (TPSA) is 76.7 Å². The monoisotopic (exact) mass is 368 g/mol. The van der Waals surface area contributed by atoms with Gasteiger partial charge in [0.2, 0.25) is 11.8 Å². The molecule has 0 aliphatic heterocycles. The molecule has 0 fully saturated rings. The fraction of sp³-hybridized carbons (Fsp3) is 0.238. The lowest BCUT2D eigenvalue weighted by Gasteiger charge is -2.11. The standard InChI is InChI=1S/C21H24N2O4/c1-4-26-19-12-6-16(14-20(19)27-5-2)7-13-21(25)23-18-10-8-17(9-11-18)22-15(3)24/h6-14H,4-5H2,1-3H3,(H,22,24)(H,23,25)/b13-7+. The smallest absolute Gasteiger partial charge is 0.248 e. The number of hydrogen-bond acceptors (Lipinski definition) is 4. The second-order valence-corrected chi connectivity index (χ2v) is 5.65. The summed E-state index contributed by atoms with van der Waals surface area (Å²) in [6.07, 6.45) is 3.16. The Labute approximate surface area is 159 Å². The highest BCUT2D eigenvalue weighted by Crippen LogP contribution is 2.29. The van der Waals surface area contributed by atoms with E-state index in [2.05, 4.69) is 10.6 Å². The number of anilines is 2. The lowest BCUT2D eigenvalue weighted by Crippen LogP contribution is -2.08. The van der Waals surface area contributed by atoms with Crippen molar-refractivity contribution in [1.29, 1.82) is 0 Å². The molecule has 6 heteroatoms. The summed E-state index contributed by atoms with van der Waals surface area (Å²) >= 11 is 0. The summed E-state index contributed by atoms with van der Waals surface area (Å²) in [6.45, 7) is 6.35. The molecule has 27 heavy (non-hydrogen) atoms. The van der Waals surface area contributed by atoms with Gasteiger partial charge in [-0.3, -0.25) is 9.59 Å². The molecule has 0 heterocycles. The fourth-order valence-corrected chi connectivity index (χ4v) is 2.37. The van der Waals surface area contributed by atoms with E-state index in [0.29, 0.717) is 36.1 Å². The average molecular weight is 368 g/mol. The minimum absolute atomic E-state index is 0.142. The van der Waals surface area contributed by atoms with Crippen LogP contribution in [-0.2, 0) is 9.59 Å². The van der Waals surface area contributed by atoms with Crippen LogP contribution in [0.4, 0.5) is 11.4 Å². The summed E-state index contributed by atoms with van der Waals surface area (Å²) in [5.41, 5.74) is 2.15. The minimum Gasteiger partial charge on any atom is -0.490 e.